The highest BCUT2D eigenvalue weighted by Crippen LogP contribution is 2.78. The van der Waals surface area contributed by atoms with Crippen LogP contribution < -0.4 is 0 Å². The SMILES string of the molecule is c1ccc([C@H]2OOC3(O2)C2CC4CC5CC3CC45C2)cc1. The third-order valence-corrected chi connectivity index (χ3v) is 7.35. The molecule has 4 saturated carbocycles. The highest BCUT2D eigenvalue weighted by Gasteiger charge is 2.76. The molecular weight excluding hydrogens is 264 g/mol. The van der Waals surface area contributed by atoms with Crippen molar-refractivity contribution in [1.29, 1.82) is 0 Å². The molecule has 6 rings (SSSR count). The van der Waals surface area contributed by atoms with E-state index in [1.165, 1.54) is 32.1 Å². The van der Waals surface area contributed by atoms with Crippen molar-refractivity contribution in [2.45, 2.75) is 44.2 Å². The molecule has 0 amide bonds. The number of hydrogen-bond acceptors (Lipinski definition) is 3. The first-order valence-corrected chi connectivity index (χ1v) is 8.37. The summed E-state index contributed by atoms with van der Waals surface area (Å²) >= 11 is 0. The first kappa shape index (κ1) is 11.6. The molecule has 5 aliphatic rings. The van der Waals surface area contributed by atoms with Crippen molar-refractivity contribution < 1.29 is 14.5 Å². The van der Waals surface area contributed by atoms with Gasteiger partial charge in [0.1, 0.15) is 0 Å². The molecule has 4 aliphatic carbocycles. The highest BCUT2D eigenvalue weighted by atomic mass is 17.3. The first-order chi connectivity index (χ1) is 10.3. The molecule has 5 atom stereocenters. The predicted molar refractivity (Wildman–Crippen MR) is 74.6 cm³/mol. The van der Waals surface area contributed by atoms with Gasteiger partial charge < -0.3 is 4.74 Å². The summed E-state index contributed by atoms with van der Waals surface area (Å²) in [6, 6.07) is 10.2. The second-order valence-corrected chi connectivity index (χ2v) is 7.90. The Balaban J connectivity index is 1.36. The summed E-state index contributed by atoms with van der Waals surface area (Å²) in [7, 11) is 0. The van der Waals surface area contributed by atoms with Crippen LogP contribution in [0.25, 0.3) is 0 Å². The molecule has 1 aromatic rings. The summed E-state index contributed by atoms with van der Waals surface area (Å²) in [5, 5.41) is 0. The van der Waals surface area contributed by atoms with Gasteiger partial charge in [0, 0.05) is 17.4 Å². The Hall–Kier alpha value is -0.900. The number of hydrogen-bond donors (Lipinski definition) is 0. The van der Waals surface area contributed by atoms with E-state index in [9.17, 15) is 0 Å². The molecule has 3 heteroatoms. The third kappa shape index (κ3) is 1.20. The van der Waals surface area contributed by atoms with E-state index >= 15 is 0 Å². The van der Waals surface area contributed by atoms with Crippen molar-refractivity contribution in [2.75, 3.05) is 0 Å². The average molecular weight is 284 g/mol. The molecule has 0 N–H and O–H groups in total. The third-order valence-electron chi connectivity index (χ3n) is 7.35. The monoisotopic (exact) mass is 284 g/mol. The Morgan fingerprint density at radius 2 is 1.52 bits per heavy atom. The van der Waals surface area contributed by atoms with Gasteiger partial charge in [-0.1, -0.05) is 30.3 Å². The van der Waals surface area contributed by atoms with Crippen LogP contribution in [-0.2, 0) is 14.5 Å². The second-order valence-electron chi connectivity index (χ2n) is 7.90. The van der Waals surface area contributed by atoms with Crippen LogP contribution in [0.4, 0.5) is 0 Å². The van der Waals surface area contributed by atoms with E-state index in [1.54, 1.807) is 0 Å². The maximum Gasteiger partial charge on any atom is 0.220 e. The summed E-state index contributed by atoms with van der Waals surface area (Å²) in [5.41, 5.74) is 1.74. The lowest BCUT2D eigenvalue weighted by Crippen LogP contribution is -2.47. The van der Waals surface area contributed by atoms with Gasteiger partial charge in [0.15, 0.2) is 0 Å². The Labute approximate surface area is 124 Å². The van der Waals surface area contributed by atoms with Crippen LogP contribution in [-0.4, -0.2) is 5.79 Å². The van der Waals surface area contributed by atoms with Crippen molar-refractivity contribution in [3.8, 4) is 0 Å². The van der Waals surface area contributed by atoms with Gasteiger partial charge in [-0.05, 0) is 49.4 Å². The lowest BCUT2D eigenvalue weighted by Gasteiger charge is -2.49. The van der Waals surface area contributed by atoms with Crippen LogP contribution in [0.5, 0.6) is 0 Å². The molecular formula is C18H20O3. The van der Waals surface area contributed by atoms with Gasteiger partial charge in [0.25, 0.3) is 0 Å². The van der Waals surface area contributed by atoms with Crippen molar-refractivity contribution in [1.82, 2.24) is 0 Å². The van der Waals surface area contributed by atoms with Gasteiger partial charge in [-0.15, -0.1) is 0 Å². The van der Waals surface area contributed by atoms with Crippen molar-refractivity contribution in [3.05, 3.63) is 35.9 Å². The minimum absolute atomic E-state index is 0.351. The summed E-state index contributed by atoms with van der Waals surface area (Å²) in [5.74, 6) is 2.53. The van der Waals surface area contributed by atoms with Crippen LogP contribution in [0.1, 0.15) is 44.0 Å². The number of ether oxygens (including phenoxy) is 1. The molecule has 3 bridgehead atoms. The lowest BCUT2D eigenvalue weighted by molar-refractivity contribution is -0.362. The molecule has 2 spiro atoms. The molecule has 110 valence electrons. The standard InChI is InChI=1S/C18H20O3/c1-2-4-11(5-3-1)16-19-18(21-20-16)14-7-12-6-13-8-15(18)10-17(12,13)9-14/h1-5,12-16H,6-10H2/t12?,13?,14?,15?,16-,17?,18?/m1/s1. The van der Waals surface area contributed by atoms with E-state index < -0.39 is 5.79 Å². The molecule has 21 heavy (non-hydrogen) atoms. The smallest absolute Gasteiger partial charge is 0.220 e. The number of benzene rings is 1. The molecule has 5 fully saturated rings. The van der Waals surface area contributed by atoms with Gasteiger partial charge in [0.05, 0.1) is 0 Å². The molecule has 1 aromatic carbocycles. The largest absolute Gasteiger partial charge is 0.310 e. The van der Waals surface area contributed by atoms with Gasteiger partial charge in [-0.2, -0.15) is 9.78 Å². The maximum absolute atomic E-state index is 6.46. The number of rotatable bonds is 1. The minimum atomic E-state index is -0.450. The maximum atomic E-state index is 6.46. The van der Waals surface area contributed by atoms with Crippen LogP contribution in [0.15, 0.2) is 30.3 Å². The fourth-order valence-electron chi connectivity index (χ4n) is 6.50. The fourth-order valence-corrected chi connectivity index (χ4v) is 6.50. The highest BCUT2D eigenvalue weighted by molar-refractivity contribution is 5.22. The van der Waals surface area contributed by atoms with E-state index in [1.807, 2.05) is 18.2 Å². The van der Waals surface area contributed by atoms with Crippen LogP contribution in [0, 0.1) is 29.1 Å². The van der Waals surface area contributed by atoms with Gasteiger partial charge in [-0.3, -0.25) is 0 Å². The molecule has 3 nitrogen and oxygen atoms in total. The number of fused-ring (bicyclic) bond motifs is 4. The van der Waals surface area contributed by atoms with Crippen molar-refractivity contribution in [2.24, 2.45) is 29.1 Å². The van der Waals surface area contributed by atoms with E-state index in [2.05, 4.69) is 12.1 Å². The van der Waals surface area contributed by atoms with Gasteiger partial charge in [0.2, 0.25) is 12.1 Å². The topological polar surface area (TPSA) is 27.7 Å². The Morgan fingerprint density at radius 3 is 2.24 bits per heavy atom. The van der Waals surface area contributed by atoms with Crippen molar-refractivity contribution in [3.63, 3.8) is 0 Å². The van der Waals surface area contributed by atoms with E-state index in [0.717, 1.165) is 17.4 Å². The second kappa shape index (κ2) is 3.53. The van der Waals surface area contributed by atoms with Gasteiger partial charge in [-0.25, -0.2) is 0 Å². The molecule has 0 aromatic heterocycles. The zero-order valence-electron chi connectivity index (χ0n) is 12.0. The van der Waals surface area contributed by atoms with Crippen molar-refractivity contribution >= 4 is 0 Å². The summed E-state index contributed by atoms with van der Waals surface area (Å²) in [6.07, 6.45) is 6.31. The molecule has 1 saturated heterocycles. The van der Waals surface area contributed by atoms with E-state index in [-0.39, 0.29) is 6.29 Å². The predicted octanol–water partition coefficient (Wildman–Crippen LogP) is 3.82. The fraction of sp³-hybridized carbons (Fsp3) is 0.667. The minimum Gasteiger partial charge on any atom is -0.310 e. The summed E-state index contributed by atoms with van der Waals surface area (Å²) < 4.78 is 6.46. The molecule has 4 unspecified atom stereocenters. The van der Waals surface area contributed by atoms with Gasteiger partial charge >= 0.3 is 0 Å². The normalized spacial score (nSPS) is 55.9. The van der Waals surface area contributed by atoms with E-state index in [0.29, 0.717) is 17.3 Å². The zero-order chi connectivity index (χ0) is 13.7. The average Bonchev–Trinajstić information content (AvgIpc) is 3.13. The van der Waals surface area contributed by atoms with Crippen LogP contribution in [0.2, 0.25) is 0 Å². The summed E-state index contributed by atoms with van der Waals surface area (Å²) in [4.78, 5) is 11.6. The Morgan fingerprint density at radius 1 is 0.857 bits per heavy atom. The van der Waals surface area contributed by atoms with E-state index in [4.69, 9.17) is 14.5 Å². The Kier molecular flexibility index (Phi) is 1.96. The van der Waals surface area contributed by atoms with Crippen LogP contribution in [0.3, 0.4) is 0 Å². The first-order valence-electron chi connectivity index (χ1n) is 8.37. The Bertz CT molecular complexity index is 574. The summed E-state index contributed by atoms with van der Waals surface area (Å²) in [6.45, 7) is 0. The zero-order valence-corrected chi connectivity index (χ0v) is 12.0. The molecule has 0 radical (unpaired) electrons. The lowest BCUT2D eigenvalue weighted by atomic mass is 9.56. The molecule has 1 heterocycles. The quantitative estimate of drug-likeness (QED) is 0.734. The van der Waals surface area contributed by atoms with Crippen LogP contribution >= 0.6 is 0 Å². The molecule has 1 aliphatic heterocycles.